The third-order valence-electron chi connectivity index (χ3n) is 5.76. The molecule has 0 radical (unpaired) electrons. The van der Waals surface area contributed by atoms with Crippen LogP contribution < -0.4 is 10.2 Å². The van der Waals surface area contributed by atoms with E-state index in [4.69, 9.17) is 4.74 Å². The summed E-state index contributed by atoms with van der Waals surface area (Å²) in [5, 5.41) is 3.18. The van der Waals surface area contributed by atoms with Crippen molar-refractivity contribution in [3.63, 3.8) is 0 Å². The summed E-state index contributed by atoms with van der Waals surface area (Å²) in [4.78, 5) is 19.5. The lowest BCUT2D eigenvalue weighted by Crippen LogP contribution is -2.51. The van der Waals surface area contributed by atoms with E-state index in [1.165, 1.54) is 11.3 Å². The fourth-order valence-corrected chi connectivity index (χ4v) is 4.07. The SMILES string of the molecule is CC[C@@H](CNC(=O)N1CCCN(c2ccccc2C)CC1)N1CCOCC1. The van der Waals surface area contributed by atoms with E-state index < -0.39 is 0 Å². The van der Waals surface area contributed by atoms with Crippen molar-refractivity contribution in [2.75, 3.05) is 63.9 Å². The minimum atomic E-state index is 0.0772. The second-order valence-electron chi connectivity index (χ2n) is 7.51. The number of para-hydroxylation sites is 1. The van der Waals surface area contributed by atoms with Crippen LogP contribution in [0.5, 0.6) is 0 Å². The number of urea groups is 1. The van der Waals surface area contributed by atoms with Gasteiger partial charge in [-0.05, 0) is 31.4 Å². The van der Waals surface area contributed by atoms with Crippen LogP contribution in [0.25, 0.3) is 0 Å². The summed E-state index contributed by atoms with van der Waals surface area (Å²) < 4.78 is 5.44. The zero-order valence-electron chi connectivity index (χ0n) is 16.8. The highest BCUT2D eigenvalue weighted by Crippen LogP contribution is 2.20. The molecule has 27 heavy (non-hydrogen) atoms. The van der Waals surface area contributed by atoms with Gasteiger partial charge in [-0.3, -0.25) is 4.90 Å². The van der Waals surface area contributed by atoms with Gasteiger partial charge in [-0.1, -0.05) is 25.1 Å². The maximum absolute atomic E-state index is 12.7. The highest BCUT2D eigenvalue weighted by Gasteiger charge is 2.23. The first kappa shape index (κ1) is 20.0. The topological polar surface area (TPSA) is 48.1 Å². The lowest BCUT2D eigenvalue weighted by atomic mass is 10.2. The second kappa shape index (κ2) is 9.95. The Morgan fingerprint density at radius 2 is 1.89 bits per heavy atom. The van der Waals surface area contributed by atoms with Crippen molar-refractivity contribution in [2.24, 2.45) is 0 Å². The molecule has 6 nitrogen and oxygen atoms in total. The smallest absolute Gasteiger partial charge is 0.317 e. The number of morpholine rings is 1. The van der Waals surface area contributed by atoms with Gasteiger partial charge in [0.1, 0.15) is 0 Å². The molecule has 2 aliphatic rings. The molecular weight excluding hydrogens is 340 g/mol. The van der Waals surface area contributed by atoms with E-state index in [9.17, 15) is 4.79 Å². The van der Waals surface area contributed by atoms with Crippen molar-refractivity contribution < 1.29 is 9.53 Å². The number of amides is 2. The van der Waals surface area contributed by atoms with Crippen molar-refractivity contribution >= 4 is 11.7 Å². The molecule has 0 bridgehead atoms. The maximum Gasteiger partial charge on any atom is 0.317 e. The summed E-state index contributed by atoms with van der Waals surface area (Å²) in [5.41, 5.74) is 2.59. The van der Waals surface area contributed by atoms with Crippen molar-refractivity contribution in [2.45, 2.75) is 32.7 Å². The molecule has 1 aromatic carbocycles. The van der Waals surface area contributed by atoms with Crippen molar-refractivity contribution in [1.82, 2.24) is 15.1 Å². The summed E-state index contributed by atoms with van der Waals surface area (Å²) in [6.07, 6.45) is 2.05. The lowest BCUT2D eigenvalue weighted by molar-refractivity contribution is 0.0162. The molecule has 2 amide bonds. The molecule has 2 saturated heterocycles. The van der Waals surface area contributed by atoms with E-state index in [2.05, 4.69) is 53.2 Å². The Bertz CT molecular complexity index is 604. The fraction of sp³-hybridized carbons (Fsp3) is 0.667. The predicted molar refractivity (Wildman–Crippen MR) is 109 cm³/mol. The molecule has 2 heterocycles. The van der Waals surface area contributed by atoms with Crippen molar-refractivity contribution in [3.05, 3.63) is 29.8 Å². The van der Waals surface area contributed by atoms with E-state index in [-0.39, 0.29) is 6.03 Å². The van der Waals surface area contributed by atoms with Crippen LogP contribution in [0, 0.1) is 6.92 Å². The van der Waals surface area contributed by atoms with E-state index in [1.54, 1.807) is 0 Å². The van der Waals surface area contributed by atoms with Crippen LogP contribution in [-0.2, 0) is 4.74 Å². The molecule has 150 valence electrons. The molecule has 1 N–H and O–H groups in total. The summed E-state index contributed by atoms with van der Waals surface area (Å²) in [5.74, 6) is 0. The minimum absolute atomic E-state index is 0.0772. The van der Waals surface area contributed by atoms with Gasteiger partial charge in [0, 0.05) is 57.5 Å². The first-order valence-electron chi connectivity index (χ1n) is 10.3. The van der Waals surface area contributed by atoms with Crippen LogP contribution in [0.3, 0.4) is 0 Å². The highest BCUT2D eigenvalue weighted by molar-refractivity contribution is 5.74. The number of carbonyl (C=O) groups is 1. The largest absolute Gasteiger partial charge is 0.379 e. The zero-order chi connectivity index (χ0) is 19.1. The van der Waals surface area contributed by atoms with E-state index in [1.807, 2.05) is 4.90 Å². The Morgan fingerprint density at radius 1 is 1.11 bits per heavy atom. The molecule has 0 aliphatic carbocycles. The molecule has 3 rings (SSSR count). The minimum Gasteiger partial charge on any atom is -0.379 e. The lowest BCUT2D eigenvalue weighted by Gasteiger charge is -2.34. The quantitative estimate of drug-likeness (QED) is 0.859. The first-order valence-corrected chi connectivity index (χ1v) is 10.3. The van der Waals surface area contributed by atoms with Gasteiger partial charge in [-0.2, -0.15) is 0 Å². The number of benzene rings is 1. The van der Waals surface area contributed by atoms with Crippen LogP contribution in [0.1, 0.15) is 25.3 Å². The van der Waals surface area contributed by atoms with Crippen LogP contribution >= 0.6 is 0 Å². The molecule has 1 atom stereocenters. The number of nitrogens with one attached hydrogen (secondary N) is 1. The standard InChI is InChI=1S/C21H34N4O2/c1-3-19(23-13-15-27-16-14-23)17-22-21(26)25-10-6-9-24(11-12-25)20-8-5-4-7-18(20)2/h4-5,7-8,19H,3,6,9-17H2,1-2H3,(H,22,26)/t19-/m0/s1. The number of hydrogen-bond acceptors (Lipinski definition) is 4. The third-order valence-corrected chi connectivity index (χ3v) is 5.76. The second-order valence-corrected chi connectivity index (χ2v) is 7.51. The van der Waals surface area contributed by atoms with E-state index in [0.717, 1.165) is 65.3 Å². The molecule has 0 saturated carbocycles. The van der Waals surface area contributed by atoms with Gasteiger partial charge < -0.3 is 19.9 Å². The van der Waals surface area contributed by atoms with Crippen LogP contribution in [0.15, 0.2) is 24.3 Å². The van der Waals surface area contributed by atoms with Gasteiger partial charge in [0.05, 0.1) is 13.2 Å². The summed E-state index contributed by atoms with van der Waals surface area (Å²) in [7, 11) is 0. The highest BCUT2D eigenvalue weighted by atomic mass is 16.5. The molecule has 6 heteroatoms. The Morgan fingerprint density at radius 3 is 2.63 bits per heavy atom. The van der Waals surface area contributed by atoms with E-state index >= 15 is 0 Å². The van der Waals surface area contributed by atoms with Gasteiger partial charge >= 0.3 is 6.03 Å². The number of hydrogen-bond donors (Lipinski definition) is 1. The average Bonchev–Trinajstić information content (AvgIpc) is 2.96. The normalized spacial score (nSPS) is 20.2. The number of aryl methyl sites for hydroxylation is 1. The molecule has 2 fully saturated rings. The Labute approximate surface area is 163 Å². The van der Waals surface area contributed by atoms with Crippen molar-refractivity contribution in [1.29, 1.82) is 0 Å². The molecule has 0 aromatic heterocycles. The predicted octanol–water partition coefficient (Wildman–Crippen LogP) is 2.33. The first-order chi connectivity index (χ1) is 13.2. The average molecular weight is 375 g/mol. The number of ether oxygens (including phenoxy) is 1. The van der Waals surface area contributed by atoms with Crippen LogP contribution in [-0.4, -0.2) is 80.9 Å². The maximum atomic E-state index is 12.7. The number of anilines is 1. The summed E-state index contributed by atoms with van der Waals surface area (Å²) >= 11 is 0. The summed E-state index contributed by atoms with van der Waals surface area (Å²) in [6.45, 7) is 12.1. The Balaban J connectivity index is 1.49. The van der Waals surface area contributed by atoms with Crippen LogP contribution in [0.4, 0.5) is 10.5 Å². The third kappa shape index (κ3) is 5.36. The molecule has 1 aromatic rings. The van der Waals surface area contributed by atoms with Gasteiger partial charge in [-0.15, -0.1) is 0 Å². The Kier molecular flexibility index (Phi) is 7.35. The molecular formula is C21H34N4O2. The fourth-order valence-electron chi connectivity index (χ4n) is 4.07. The Hall–Kier alpha value is -1.79. The molecule has 0 unspecified atom stereocenters. The van der Waals surface area contributed by atoms with Gasteiger partial charge in [0.2, 0.25) is 0 Å². The van der Waals surface area contributed by atoms with Crippen LogP contribution in [0.2, 0.25) is 0 Å². The number of nitrogens with zero attached hydrogens (tertiary/aromatic N) is 3. The molecule has 2 aliphatic heterocycles. The number of rotatable bonds is 5. The summed E-state index contributed by atoms with van der Waals surface area (Å²) in [6, 6.07) is 8.98. The zero-order valence-corrected chi connectivity index (χ0v) is 16.8. The van der Waals surface area contributed by atoms with Gasteiger partial charge in [0.15, 0.2) is 0 Å². The number of carbonyl (C=O) groups excluding carboxylic acids is 1. The van der Waals surface area contributed by atoms with Gasteiger partial charge in [0.25, 0.3) is 0 Å². The van der Waals surface area contributed by atoms with Crippen molar-refractivity contribution in [3.8, 4) is 0 Å². The van der Waals surface area contributed by atoms with E-state index in [0.29, 0.717) is 12.6 Å². The van der Waals surface area contributed by atoms with Gasteiger partial charge in [-0.25, -0.2) is 4.79 Å². The monoisotopic (exact) mass is 374 g/mol. The molecule has 0 spiro atoms.